The summed E-state index contributed by atoms with van der Waals surface area (Å²) in [5, 5.41) is 13.4. The van der Waals surface area contributed by atoms with Gasteiger partial charge in [0.1, 0.15) is 5.52 Å². The predicted molar refractivity (Wildman–Crippen MR) is 80.8 cm³/mol. The van der Waals surface area contributed by atoms with Gasteiger partial charge >= 0.3 is 5.97 Å². The second-order valence-corrected chi connectivity index (χ2v) is 6.19. The van der Waals surface area contributed by atoms with Gasteiger partial charge < -0.3 is 19.5 Å². The van der Waals surface area contributed by atoms with Crippen molar-refractivity contribution in [3.05, 3.63) is 24.2 Å². The molecule has 4 heterocycles. The summed E-state index contributed by atoms with van der Waals surface area (Å²) < 4.78 is 12.7. The van der Waals surface area contributed by atoms with Gasteiger partial charge in [-0.05, 0) is 12.5 Å². The summed E-state index contributed by atoms with van der Waals surface area (Å²) in [6.07, 6.45) is 4.03. The van der Waals surface area contributed by atoms with Crippen LogP contribution in [0.1, 0.15) is 16.9 Å². The van der Waals surface area contributed by atoms with E-state index in [1.807, 2.05) is 0 Å². The smallest absolute Gasteiger partial charge is 0.356 e. The van der Waals surface area contributed by atoms with Gasteiger partial charge in [-0.1, -0.05) is 0 Å². The highest BCUT2D eigenvalue weighted by molar-refractivity contribution is 5.87. The number of carbonyl (C=O) groups is 1. The van der Waals surface area contributed by atoms with Crippen LogP contribution < -0.4 is 4.90 Å². The van der Waals surface area contributed by atoms with Crippen LogP contribution >= 0.6 is 0 Å². The number of aromatic nitrogens is 3. The molecule has 8 nitrogen and oxygen atoms in total. The first-order valence-electron chi connectivity index (χ1n) is 7.56. The Bertz CT molecular complexity index is 761. The Hall–Kier alpha value is -2.19. The molecular formula is C15H18N4O4. The third-order valence-electron chi connectivity index (χ3n) is 4.85. The molecule has 2 aromatic rings. The molecule has 0 bridgehead atoms. The number of carboxylic acids is 1. The average Bonchev–Trinajstić information content (AvgIpc) is 3.19. The van der Waals surface area contributed by atoms with E-state index in [2.05, 4.69) is 15.0 Å². The van der Waals surface area contributed by atoms with Crippen molar-refractivity contribution < 1.29 is 19.4 Å². The molecule has 2 aromatic heterocycles. The van der Waals surface area contributed by atoms with Crippen LogP contribution in [-0.4, -0.2) is 65.2 Å². The lowest BCUT2D eigenvalue weighted by Crippen LogP contribution is -2.34. The van der Waals surface area contributed by atoms with Crippen LogP contribution in [0.5, 0.6) is 0 Å². The molecule has 0 spiro atoms. The quantitative estimate of drug-likeness (QED) is 0.886. The lowest BCUT2D eigenvalue weighted by Gasteiger charge is -2.26. The Kier molecular flexibility index (Phi) is 3.24. The first-order chi connectivity index (χ1) is 11.1. The zero-order valence-corrected chi connectivity index (χ0v) is 12.8. The van der Waals surface area contributed by atoms with E-state index < -0.39 is 5.97 Å². The van der Waals surface area contributed by atoms with Gasteiger partial charge in [-0.3, -0.25) is 0 Å². The number of hydrogen-bond donors (Lipinski definition) is 1. The molecule has 23 heavy (non-hydrogen) atoms. The minimum absolute atomic E-state index is 0.0150. The van der Waals surface area contributed by atoms with Gasteiger partial charge in [0.05, 0.1) is 25.1 Å². The van der Waals surface area contributed by atoms with Gasteiger partial charge in [-0.25, -0.2) is 14.3 Å². The zero-order chi connectivity index (χ0) is 16.0. The normalized spacial score (nSPS) is 26.8. The molecule has 2 atom stereocenters. The van der Waals surface area contributed by atoms with Crippen LogP contribution in [0.15, 0.2) is 18.5 Å². The van der Waals surface area contributed by atoms with Crippen LogP contribution in [0.25, 0.3) is 5.52 Å². The number of ether oxygens (including phenoxy) is 2. The Morgan fingerprint density at radius 2 is 2.48 bits per heavy atom. The van der Waals surface area contributed by atoms with Gasteiger partial charge in [0.2, 0.25) is 0 Å². The topological polar surface area (TPSA) is 89.2 Å². The molecule has 0 amide bonds. The van der Waals surface area contributed by atoms with Gasteiger partial charge in [0, 0.05) is 32.2 Å². The minimum atomic E-state index is -1.05. The molecule has 0 aliphatic carbocycles. The number of hydrogen-bond acceptors (Lipinski definition) is 6. The molecule has 8 heteroatoms. The van der Waals surface area contributed by atoms with Gasteiger partial charge in [-0.15, -0.1) is 0 Å². The van der Waals surface area contributed by atoms with Crippen molar-refractivity contribution in [1.29, 1.82) is 0 Å². The molecule has 1 N–H and O–H groups in total. The second kappa shape index (κ2) is 5.17. The number of methoxy groups -OCH3 is 1. The Morgan fingerprint density at radius 1 is 1.61 bits per heavy atom. The van der Waals surface area contributed by atoms with Crippen molar-refractivity contribution >= 4 is 17.3 Å². The van der Waals surface area contributed by atoms with E-state index in [4.69, 9.17) is 9.47 Å². The Morgan fingerprint density at radius 3 is 3.26 bits per heavy atom. The number of carboxylic acid groups (broad SMARTS) is 1. The number of aromatic carboxylic acids is 1. The van der Waals surface area contributed by atoms with E-state index in [0.29, 0.717) is 12.1 Å². The minimum Gasteiger partial charge on any atom is -0.476 e. The number of anilines is 1. The van der Waals surface area contributed by atoms with Crippen molar-refractivity contribution in [1.82, 2.24) is 14.6 Å². The Labute approximate surface area is 132 Å². The first kappa shape index (κ1) is 14.4. The third-order valence-corrected chi connectivity index (χ3v) is 4.85. The van der Waals surface area contributed by atoms with Crippen LogP contribution in [0.4, 0.5) is 5.82 Å². The predicted octanol–water partition coefficient (Wildman–Crippen LogP) is 0.669. The summed E-state index contributed by atoms with van der Waals surface area (Å²) in [6.45, 7) is 2.92. The van der Waals surface area contributed by atoms with Crippen LogP contribution in [0.2, 0.25) is 0 Å². The van der Waals surface area contributed by atoms with Crippen molar-refractivity contribution in [3.63, 3.8) is 0 Å². The first-order valence-corrected chi connectivity index (χ1v) is 7.56. The molecule has 2 aliphatic rings. The van der Waals surface area contributed by atoms with E-state index in [-0.39, 0.29) is 17.2 Å². The highest BCUT2D eigenvalue weighted by Gasteiger charge is 2.51. The molecule has 0 aromatic carbocycles. The third kappa shape index (κ3) is 2.09. The van der Waals surface area contributed by atoms with E-state index >= 15 is 0 Å². The molecule has 4 rings (SSSR count). The van der Waals surface area contributed by atoms with E-state index in [1.165, 1.54) is 10.7 Å². The fraction of sp³-hybridized carbons (Fsp3) is 0.533. The molecule has 0 radical (unpaired) electrons. The Balaban J connectivity index is 1.72. The maximum absolute atomic E-state index is 11.3. The second-order valence-electron chi connectivity index (χ2n) is 6.19. The maximum atomic E-state index is 11.3. The van der Waals surface area contributed by atoms with E-state index in [9.17, 15) is 9.90 Å². The van der Waals surface area contributed by atoms with Crippen molar-refractivity contribution in [3.8, 4) is 0 Å². The fourth-order valence-corrected chi connectivity index (χ4v) is 3.77. The standard InChI is InChI=1S/C15H18N4O4/c1-22-9-15-3-5-23-12(15)7-18(8-15)13-10-2-4-17-19(10)11(6-16-13)14(20)21/h2,4,6,12H,3,5,7-9H2,1H3,(H,20,21)/t12-,15+/m0/s1. The molecular weight excluding hydrogens is 300 g/mol. The molecule has 122 valence electrons. The summed E-state index contributed by atoms with van der Waals surface area (Å²) >= 11 is 0. The zero-order valence-electron chi connectivity index (χ0n) is 12.8. The SMILES string of the molecule is COC[C@]12CCO[C@H]1CN(c1ncc(C(=O)O)n3nccc13)C2. The molecule has 2 aliphatic heterocycles. The highest BCUT2D eigenvalue weighted by Crippen LogP contribution is 2.43. The highest BCUT2D eigenvalue weighted by atomic mass is 16.5. The fourth-order valence-electron chi connectivity index (χ4n) is 3.77. The lowest BCUT2D eigenvalue weighted by molar-refractivity contribution is 0.0331. The summed E-state index contributed by atoms with van der Waals surface area (Å²) in [5.41, 5.74) is 0.729. The molecule has 2 fully saturated rings. The molecule has 2 saturated heterocycles. The van der Waals surface area contributed by atoms with Gasteiger partial charge in [0.25, 0.3) is 0 Å². The van der Waals surface area contributed by atoms with Crippen LogP contribution in [-0.2, 0) is 9.47 Å². The number of nitrogens with zero attached hydrogens (tertiary/aromatic N) is 4. The largest absolute Gasteiger partial charge is 0.476 e. The lowest BCUT2D eigenvalue weighted by atomic mass is 9.84. The summed E-state index contributed by atoms with van der Waals surface area (Å²) in [6, 6.07) is 1.78. The van der Waals surface area contributed by atoms with Crippen molar-refractivity contribution in [2.75, 3.05) is 38.3 Å². The summed E-state index contributed by atoms with van der Waals surface area (Å²) in [4.78, 5) is 17.8. The molecule has 0 unspecified atom stereocenters. The van der Waals surface area contributed by atoms with E-state index in [1.54, 1.807) is 19.4 Å². The summed E-state index contributed by atoms with van der Waals surface area (Å²) in [5.74, 6) is -0.309. The van der Waals surface area contributed by atoms with Crippen molar-refractivity contribution in [2.24, 2.45) is 5.41 Å². The maximum Gasteiger partial charge on any atom is 0.356 e. The van der Waals surface area contributed by atoms with Crippen LogP contribution in [0, 0.1) is 5.41 Å². The van der Waals surface area contributed by atoms with E-state index in [0.717, 1.165) is 31.9 Å². The number of fused-ring (bicyclic) bond motifs is 2. The molecule has 0 saturated carbocycles. The summed E-state index contributed by atoms with van der Waals surface area (Å²) in [7, 11) is 1.71. The monoisotopic (exact) mass is 318 g/mol. The van der Waals surface area contributed by atoms with Gasteiger partial charge in [-0.2, -0.15) is 5.10 Å². The average molecular weight is 318 g/mol. The number of rotatable bonds is 4. The van der Waals surface area contributed by atoms with Crippen molar-refractivity contribution in [2.45, 2.75) is 12.5 Å². The van der Waals surface area contributed by atoms with Gasteiger partial charge in [0.15, 0.2) is 11.5 Å². The van der Waals surface area contributed by atoms with Crippen LogP contribution in [0.3, 0.4) is 0 Å².